The number of hydrogen-bond acceptors (Lipinski definition) is 17. The molecule has 8 rings (SSSR count). The summed E-state index contributed by atoms with van der Waals surface area (Å²) in [6.07, 6.45) is 5.13. The van der Waals surface area contributed by atoms with Gasteiger partial charge in [-0.1, -0.05) is 161 Å². The molecule has 27 heteroatoms. The van der Waals surface area contributed by atoms with Gasteiger partial charge in [-0.25, -0.2) is 60.3 Å². The van der Waals surface area contributed by atoms with E-state index in [2.05, 4.69) is 39.7 Å². The van der Waals surface area contributed by atoms with Crippen molar-refractivity contribution in [2.45, 2.75) is 235 Å². The van der Waals surface area contributed by atoms with Crippen molar-refractivity contribution < 1.29 is 64.2 Å². The Balaban J connectivity index is 0.000000470. The first-order valence-corrected chi connectivity index (χ1v) is 42.3. The number of nitrogens with two attached hydrogens (primary N) is 2. The molecule has 0 unspecified atom stereocenters. The van der Waals surface area contributed by atoms with Crippen LogP contribution >= 0.6 is 35.3 Å². The molecule has 3 aliphatic rings. The zero-order valence-corrected chi connectivity index (χ0v) is 70.7. The van der Waals surface area contributed by atoms with E-state index >= 15 is 0 Å². The highest BCUT2D eigenvalue weighted by molar-refractivity contribution is 8.16. The van der Waals surface area contributed by atoms with Gasteiger partial charge < -0.3 is 39.9 Å². The molecule has 0 spiro atoms. The lowest BCUT2D eigenvalue weighted by Gasteiger charge is -2.33. The van der Waals surface area contributed by atoms with Crippen LogP contribution in [0.2, 0.25) is 25.7 Å². The van der Waals surface area contributed by atoms with Crippen LogP contribution in [0.1, 0.15) is 180 Å². The van der Waals surface area contributed by atoms with Crippen LogP contribution in [0.5, 0.6) is 0 Å². The number of carbonyl (C=O) groups excluding carboxylic acids is 3. The first kappa shape index (κ1) is 98.3. The summed E-state index contributed by atoms with van der Waals surface area (Å²) in [5, 5.41) is 9.36. The monoisotopic (exact) mass is 1610 g/mol. The van der Waals surface area contributed by atoms with E-state index in [1.54, 1.807) is 160 Å². The van der Waals surface area contributed by atoms with Gasteiger partial charge >= 0.3 is 12.2 Å². The van der Waals surface area contributed by atoms with Crippen LogP contribution in [0.4, 0.5) is 31.5 Å². The second kappa shape index (κ2) is 41.6. The molecule has 109 heavy (non-hydrogen) atoms. The van der Waals surface area contributed by atoms with Gasteiger partial charge in [0.2, 0.25) is 0 Å². The number of methoxy groups -OCH3 is 2. The number of nitrogens with zero attached hydrogens (tertiary/aromatic N) is 4. The summed E-state index contributed by atoms with van der Waals surface area (Å²) in [5.74, 6) is -1.41. The van der Waals surface area contributed by atoms with Gasteiger partial charge in [-0.05, 0) is 200 Å². The Kier molecular flexibility index (Phi) is 37.6. The predicted molar refractivity (Wildman–Crippen MR) is 447 cm³/mol. The molecule has 5 aromatic carbocycles. The molecule has 0 fully saturated rings. The number of carbonyl (C=O) groups is 3. The highest BCUT2D eigenvalue weighted by Gasteiger charge is 2.38. The number of aliphatic imine (C=N–C) groups is 3. The minimum atomic E-state index is -1.40. The Labute approximate surface area is 662 Å². The number of thioether (sulfide) groups is 3. The van der Waals surface area contributed by atoms with E-state index in [0.717, 1.165) is 6.04 Å². The van der Waals surface area contributed by atoms with Gasteiger partial charge in [0.25, 0.3) is 0 Å². The Morgan fingerprint density at radius 1 is 0.606 bits per heavy atom. The average molecular weight is 1610 g/mol. The first-order valence-electron chi connectivity index (χ1n) is 34.8. The standard InChI is InChI=1S/C23H35FN2O3SSi.C17H21FN2O2S.C15H22FNO2S.C13H20FNO2.C12H13FN2S.2CH4/c1-17-10-9-11-18(19(17)24)23(5)12-14-30-20(25-23)26(21(27)29-22(2,3)4)16-28-13-15-31(6,7)8;1-11-7-6-8-12(13(11)18)17(5)9-10-23-14(20-17)19-15(21)22-16(2,3)4;1-11-7-6-8-12(13(11)16)15(5,9-10-18)17-20(19)14(2,3)4;1-9-6-5-7-10(12(9)14)13(2,15)8-11(16-3)17-4;1-8-4-3-5-9(10(8)13)12(2)6-7-16-11(14)15-12;;/h9-12,14H,13,15-16H2,1-8H3;6-10H,1-5H3,(H,19,20,21);6-8,10,17H,9H2,1-5H3;5-7,11H,8,15H2,1-4H3;3-7H,1-2H3,(H2,14,15);2*1H4/t23-;17-;15-,20+;13-;12-;;/m00000../s1. The topological polar surface area (TPSA) is 231 Å². The molecule has 604 valence electrons. The third-order valence-electron chi connectivity index (χ3n) is 16.7. The third kappa shape index (κ3) is 29.7. The fourth-order valence-electron chi connectivity index (χ4n) is 10.3. The number of halogens is 5. The second-order valence-corrected chi connectivity index (χ2v) is 41.5. The van der Waals surface area contributed by atoms with Crippen molar-refractivity contribution >= 4 is 88.3 Å². The smallest absolute Gasteiger partial charge is 0.418 e. The number of hydrogen-bond donors (Lipinski definition) is 4. The van der Waals surface area contributed by atoms with Gasteiger partial charge in [-0.15, -0.1) is 0 Å². The molecule has 2 amide bonds. The maximum absolute atomic E-state index is 14.9. The molecule has 0 saturated heterocycles. The lowest BCUT2D eigenvalue weighted by molar-refractivity contribution is -0.116. The molecule has 6 atom stereocenters. The molecule has 0 radical (unpaired) electrons. The Morgan fingerprint density at radius 2 is 1.01 bits per heavy atom. The summed E-state index contributed by atoms with van der Waals surface area (Å²) in [6.45, 7) is 41.2. The van der Waals surface area contributed by atoms with Gasteiger partial charge in [-0.3, -0.25) is 5.32 Å². The van der Waals surface area contributed by atoms with Crippen molar-refractivity contribution in [2.24, 2.45) is 26.4 Å². The van der Waals surface area contributed by atoms with E-state index in [1.807, 2.05) is 96.6 Å². The SMILES string of the molecule is C.C.COC(C[C@](C)(N)c1cccc(C)c1F)OC.Cc1cccc([C@](C)(CC=O)N[S@](=O)C(C)(C)C)c1F.Cc1cccc([C@]2(C)C=CSC(N(COCC[Si](C)(C)C)C(=O)OC(C)(C)C)=N2)c1F.Cc1cccc([C@]2(C)C=CSC(N)=N2)c1F.Cc1cccc([C@]2(C)C=CSC(NC(=O)OC(C)(C)C)=N2)c1F. The molecule has 0 saturated carbocycles. The predicted octanol–water partition coefficient (Wildman–Crippen LogP) is 20.5. The van der Waals surface area contributed by atoms with E-state index in [-0.39, 0.29) is 57.1 Å². The molecule has 3 heterocycles. The normalized spacial score (nSPS) is 18.8. The number of amides is 2. The van der Waals surface area contributed by atoms with Crippen molar-refractivity contribution in [3.63, 3.8) is 0 Å². The first-order chi connectivity index (χ1) is 49.4. The number of aryl methyl sites for hydroxylation is 5. The van der Waals surface area contributed by atoms with E-state index in [4.69, 9.17) is 40.1 Å². The van der Waals surface area contributed by atoms with Crippen LogP contribution in [0.3, 0.4) is 0 Å². The minimum Gasteiger partial charge on any atom is -0.444 e. The van der Waals surface area contributed by atoms with Crippen molar-refractivity contribution in [1.82, 2.24) is 14.9 Å². The maximum atomic E-state index is 14.9. The number of alkyl carbamates (subject to hydrolysis) is 1. The average Bonchev–Trinajstić information content (AvgIpc) is 0.798. The summed E-state index contributed by atoms with van der Waals surface area (Å²) in [5.41, 5.74) is 11.5. The molecule has 0 bridgehead atoms. The van der Waals surface area contributed by atoms with Gasteiger partial charge in [-0.2, -0.15) is 0 Å². The number of ether oxygens (including phenoxy) is 5. The number of nitrogens with one attached hydrogen (secondary N) is 2. The summed E-state index contributed by atoms with van der Waals surface area (Å²) in [6, 6.07) is 27.1. The van der Waals surface area contributed by atoms with E-state index in [1.165, 1.54) is 54.4 Å². The zero-order valence-electron chi connectivity index (χ0n) is 66.5. The van der Waals surface area contributed by atoms with E-state index in [0.29, 0.717) is 90.5 Å². The quantitative estimate of drug-likeness (QED) is 0.0210. The number of rotatable bonds is 18. The number of benzene rings is 5. The molecule has 0 aliphatic carbocycles. The van der Waals surface area contributed by atoms with Crippen molar-refractivity contribution in [1.29, 1.82) is 0 Å². The zero-order chi connectivity index (χ0) is 81.1. The van der Waals surface area contributed by atoms with E-state index < -0.39 is 81.2 Å². The Hall–Kier alpha value is -6.79. The third-order valence-corrected chi connectivity index (χ3v) is 22.2. The lowest BCUT2D eigenvalue weighted by Crippen LogP contribution is -2.47. The summed E-state index contributed by atoms with van der Waals surface area (Å²) in [4.78, 5) is 50.8. The largest absolute Gasteiger partial charge is 0.444 e. The van der Waals surface area contributed by atoms with Gasteiger partial charge in [0, 0.05) is 75.1 Å². The fourth-order valence-corrected chi connectivity index (χ4v) is 14.5. The Morgan fingerprint density at radius 3 is 1.43 bits per heavy atom. The summed E-state index contributed by atoms with van der Waals surface area (Å²) < 4.78 is 113. The summed E-state index contributed by atoms with van der Waals surface area (Å²) >= 11 is 3.91. The van der Waals surface area contributed by atoms with Crippen molar-refractivity contribution in [2.75, 3.05) is 27.6 Å². The molecular weight excluding hydrogens is 1490 g/mol. The lowest BCUT2D eigenvalue weighted by atomic mass is 9.88. The van der Waals surface area contributed by atoms with Gasteiger partial charge in [0.05, 0.1) is 21.3 Å². The second-order valence-electron chi connectivity index (χ2n) is 31.2. The van der Waals surface area contributed by atoms with Crippen LogP contribution in [-0.2, 0) is 67.2 Å². The van der Waals surface area contributed by atoms with Crippen LogP contribution in [-0.4, -0.2) is 101 Å². The highest BCUT2D eigenvalue weighted by atomic mass is 32.2. The maximum Gasteiger partial charge on any atom is 0.418 e. The van der Waals surface area contributed by atoms with Crippen LogP contribution in [0.15, 0.2) is 140 Å². The van der Waals surface area contributed by atoms with Crippen LogP contribution in [0, 0.1) is 63.7 Å². The van der Waals surface area contributed by atoms with Gasteiger partial charge in [0.15, 0.2) is 21.8 Å². The van der Waals surface area contributed by atoms with Crippen molar-refractivity contribution in [3.8, 4) is 0 Å². The molecule has 17 nitrogen and oxygen atoms in total. The molecule has 5 aromatic rings. The number of aldehydes is 1. The highest BCUT2D eigenvalue weighted by Crippen LogP contribution is 2.40. The summed E-state index contributed by atoms with van der Waals surface area (Å²) in [7, 11) is 0.417. The van der Waals surface area contributed by atoms with Crippen LogP contribution in [0.25, 0.3) is 0 Å². The van der Waals surface area contributed by atoms with E-state index in [9.17, 15) is 40.5 Å². The van der Waals surface area contributed by atoms with Gasteiger partial charge in [0.1, 0.15) is 69.9 Å². The molecular formula is C82H119F5N8O9S4Si. The molecule has 6 N–H and O–H groups in total. The number of amidine groups is 3. The minimum absolute atomic E-state index is 0. The van der Waals surface area contributed by atoms with Crippen LogP contribution < -0.4 is 21.5 Å². The van der Waals surface area contributed by atoms with Crippen molar-refractivity contribution in [3.05, 3.63) is 210 Å². The Bertz CT molecular complexity index is 4110. The molecule has 3 aliphatic heterocycles. The fraction of sp³-hybridized carbons (Fsp3) is 0.488. The molecule has 0 aromatic heterocycles.